The molecule has 184 valence electrons. The summed E-state index contributed by atoms with van der Waals surface area (Å²) >= 11 is 0. The molecule has 0 saturated carbocycles. The number of piperidine rings is 1. The summed E-state index contributed by atoms with van der Waals surface area (Å²) in [5.74, 6) is 0.165. The molecule has 1 aliphatic heterocycles. The topological polar surface area (TPSA) is 80.1 Å². The third-order valence-corrected chi connectivity index (χ3v) is 7.04. The van der Waals surface area contributed by atoms with Gasteiger partial charge in [-0.15, -0.1) is 0 Å². The summed E-state index contributed by atoms with van der Waals surface area (Å²) in [5.41, 5.74) is 5.49. The van der Waals surface area contributed by atoms with Crippen molar-refractivity contribution in [2.24, 2.45) is 7.05 Å². The minimum atomic E-state index is -0.129. The number of hydrogen-bond acceptors (Lipinski definition) is 4. The number of nitrogens with zero attached hydrogens (tertiary/aromatic N) is 4. The zero-order valence-electron chi connectivity index (χ0n) is 20.8. The van der Waals surface area contributed by atoms with Crippen molar-refractivity contribution < 1.29 is 9.59 Å². The van der Waals surface area contributed by atoms with Crippen molar-refractivity contribution >= 4 is 22.7 Å². The molecular formula is C29H31N5O2. The normalized spacial score (nSPS) is 14.2. The smallest absolute Gasteiger partial charge is 0.253 e. The number of fused-ring (bicyclic) bond motifs is 1. The van der Waals surface area contributed by atoms with Gasteiger partial charge in [0.1, 0.15) is 0 Å². The lowest BCUT2D eigenvalue weighted by Gasteiger charge is -2.32. The number of carbonyl (C=O) groups excluding carboxylic acids is 2. The van der Waals surface area contributed by atoms with Crippen molar-refractivity contribution in [3.05, 3.63) is 95.2 Å². The highest BCUT2D eigenvalue weighted by Gasteiger charge is 2.28. The van der Waals surface area contributed by atoms with Crippen LogP contribution in [0.15, 0.2) is 67.1 Å². The molecule has 4 heterocycles. The van der Waals surface area contributed by atoms with Crippen molar-refractivity contribution in [2.45, 2.75) is 38.6 Å². The molecule has 1 aliphatic rings. The predicted molar refractivity (Wildman–Crippen MR) is 140 cm³/mol. The lowest BCUT2D eigenvalue weighted by molar-refractivity contribution is -0.131. The molecule has 4 aromatic rings. The van der Waals surface area contributed by atoms with E-state index in [1.54, 1.807) is 12.4 Å². The number of para-hydroxylation sites is 1. The van der Waals surface area contributed by atoms with E-state index in [0.717, 1.165) is 46.3 Å². The molecule has 0 bridgehead atoms. The molecule has 1 aromatic carbocycles. The van der Waals surface area contributed by atoms with Gasteiger partial charge in [-0.05, 0) is 55.2 Å². The van der Waals surface area contributed by atoms with Crippen molar-refractivity contribution in [3.63, 3.8) is 0 Å². The number of benzene rings is 1. The number of likely N-dealkylation sites (tertiary alicyclic amines) is 1. The van der Waals surface area contributed by atoms with E-state index < -0.39 is 0 Å². The number of hydrogen-bond donors (Lipinski definition) is 1. The maximum absolute atomic E-state index is 13.1. The second kappa shape index (κ2) is 10.3. The molecule has 1 saturated heterocycles. The van der Waals surface area contributed by atoms with E-state index in [2.05, 4.69) is 33.2 Å². The van der Waals surface area contributed by atoms with E-state index in [0.29, 0.717) is 31.6 Å². The van der Waals surface area contributed by atoms with Crippen molar-refractivity contribution in [3.8, 4) is 0 Å². The fraction of sp³-hybridized carbons (Fsp3) is 0.310. The SMILES string of the molecule is Cc1ccc(C(=O)NCc2cccnc2)c(C2CCN(C(=O)Cc3cn(C)c4ccccc34)CC2)n1. The van der Waals surface area contributed by atoms with Gasteiger partial charge in [0.25, 0.3) is 5.91 Å². The number of carbonyl (C=O) groups is 2. The van der Waals surface area contributed by atoms with Crippen LogP contribution < -0.4 is 5.32 Å². The molecular weight excluding hydrogens is 450 g/mol. The molecule has 0 spiro atoms. The Morgan fingerprint density at radius 3 is 2.64 bits per heavy atom. The summed E-state index contributed by atoms with van der Waals surface area (Å²) in [6, 6.07) is 15.7. The summed E-state index contributed by atoms with van der Waals surface area (Å²) in [6.45, 7) is 3.70. The Bertz CT molecular complexity index is 1390. The van der Waals surface area contributed by atoms with Gasteiger partial charge >= 0.3 is 0 Å². The van der Waals surface area contributed by atoms with E-state index in [1.807, 2.05) is 55.3 Å². The van der Waals surface area contributed by atoms with E-state index in [-0.39, 0.29) is 17.7 Å². The molecule has 7 nitrogen and oxygen atoms in total. The first kappa shape index (κ1) is 23.7. The summed E-state index contributed by atoms with van der Waals surface area (Å²) in [5, 5.41) is 4.13. The molecule has 36 heavy (non-hydrogen) atoms. The fourth-order valence-electron chi connectivity index (χ4n) is 5.10. The molecule has 5 rings (SSSR count). The first-order chi connectivity index (χ1) is 17.5. The highest BCUT2D eigenvalue weighted by Crippen LogP contribution is 2.30. The fourth-order valence-corrected chi connectivity index (χ4v) is 5.10. The summed E-state index contributed by atoms with van der Waals surface area (Å²) in [7, 11) is 2.02. The van der Waals surface area contributed by atoms with Crippen LogP contribution >= 0.6 is 0 Å². The Labute approximate surface area is 211 Å². The zero-order chi connectivity index (χ0) is 25.1. The minimum absolute atomic E-state index is 0.129. The molecule has 0 atom stereocenters. The van der Waals surface area contributed by atoms with E-state index >= 15 is 0 Å². The Morgan fingerprint density at radius 2 is 1.86 bits per heavy atom. The van der Waals surface area contributed by atoms with E-state index in [4.69, 9.17) is 4.98 Å². The maximum atomic E-state index is 13.1. The van der Waals surface area contributed by atoms with Crippen LogP contribution in [0.1, 0.15) is 51.6 Å². The number of aromatic nitrogens is 3. The average Bonchev–Trinajstić information content (AvgIpc) is 3.23. The molecule has 0 aliphatic carbocycles. The van der Waals surface area contributed by atoms with Crippen molar-refractivity contribution in [1.29, 1.82) is 0 Å². The highest BCUT2D eigenvalue weighted by atomic mass is 16.2. The van der Waals surface area contributed by atoms with Crippen LogP contribution in [0.4, 0.5) is 0 Å². The van der Waals surface area contributed by atoms with Gasteiger partial charge in [0.15, 0.2) is 0 Å². The molecule has 1 N–H and O–H groups in total. The van der Waals surface area contributed by atoms with Gasteiger partial charge < -0.3 is 14.8 Å². The number of pyridine rings is 2. The van der Waals surface area contributed by atoms with Crippen LogP contribution in [-0.2, 0) is 24.8 Å². The van der Waals surface area contributed by atoms with Gasteiger partial charge in [-0.25, -0.2) is 0 Å². The summed E-state index contributed by atoms with van der Waals surface area (Å²) < 4.78 is 2.08. The largest absolute Gasteiger partial charge is 0.350 e. The minimum Gasteiger partial charge on any atom is -0.350 e. The van der Waals surface area contributed by atoms with E-state index in [9.17, 15) is 9.59 Å². The summed E-state index contributed by atoms with van der Waals surface area (Å²) in [6.07, 6.45) is 7.51. The second-order valence-corrected chi connectivity index (χ2v) is 9.54. The number of nitrogens with one attached hydrogen (secondary N) is 1. The third kappa shape index (κ3) is 5.00. The molecule has 3 aromatic heterocycles. The molecule has 2 amide bonds. The predicted octanol–water partition coefficient (Wildman–Crippen LogP) is 4.16. The van der Waals surface area contributed by atoms with Gasteiger partial charge in [-0.2, -0.15) is 0 Å². The quantitative estimate of drug-likeness (QED) is 0.449. The van der Waals surface area contributed by atoms with Crippen molar-refractivity contribution in [1.82, 2.24) is 24.8 Å². The van der Waals surface area contributed by atoms with Gasteiger partial charge in [0, 0.05) is 67.8 Å². The lowest BCUT2D eigenvalue weighted by atomic mass is 9.89. The molecule has 0 unspecified atom stereocenters. The Morgan fingerprint density at radius 1 is 1.06 bits per heavy atom. The van der Waals surface area contributed by atoms with Crippen LogP contribution in [0.5, 0.6) is 0 Å². The van der Waals surface area contributed by atoms with Gasteiger partial charge in [0.05, 0.1) is 17.7 Å². The highest BCUT2D eigenvalue weighted by molar-refractivity contribution is 5.95. The second-order valence-electron chi connectivity index (χ2n) is 9.54. The molecule has 1 fully saturated rings. The first-order valence-corrected chi connectivity index (χ1v) is 12.4. The standard InChI is InChI=1S/C29H31N5O2/c1-20-9-10-25(29(36)31-18-21-6-5-13-30-17-21)28(32-20)22-11-14-34(15-12-22)27(35)16-23-19-33(2)26-8-4-3-7-24(23)26/h3-10,13,17,19,22H,11-12,14-16,18H2,1-2H3,(H,31,36). The monoisotopic (exact) mass is 481 g/mol. The van der Waals surface area contributed by atoms with Gasteiger partial charge in [-0.3, -0.25) is 19.6 Å². The molecule has 0 radical (unpaired) electrons. The first-order valence-electron chi connectivity index (χ1n) is 12.4. The van der Waals surface area contributed by atoms with E-state index in [1.165, 1.54) is 0 Å². The lowest BCUT2D eigenvalue weighted by Crippen LogP contribution is -2.39. The maximum Gasteiger partial charge on any atom is 0.253 e. The van der Waals surface area contributed by atoms with Crippen LogP contribution in [0.2, 0.25) is 0 Å². The Balaban J connectivity index is 1.24. The Kier molecular flexibility index (Phi) is 6.80. The number of amides is 2. The Hall–Kier alpha value is -4.00. The third-order valence-electron chi connectivity index (χ3n) is 7.04. The zero-order valence-corrected chi connectivity index (χ0v) is 20.8. The van der Waals surface area contributed by atoms with Crippen LogP contribution in [-0.4, -0.2) is 44.3 Å². The number of aryl methyl sites for hydroxylation is 2. The van der Waals surface area contributed by atoms with Gasteiger partial charge in [0.2, 0.25) is 5.91 Å². The van der Waals surface area contributed by atoms with Crippen LogP contribution in [0.25, 0.3) is 10.9 Å². The van der Waals surface area contributed by atoms with Crippen LogP contribution in [0, 0.1) is 6.92 Å². The molecule has 7 heteroatoms. The number of rotatable bonds is 6. The average molecular weight is 482 g/mol. The van der Waals surface area contributed by atoms with Crippen molar-refractivity contribution in [2.75, 3.05) is 13.1 Å². The summed E-state index contributed by atoms with van der Waals surface area (Å²) in [4.78, 5) is 37.0. The van der Waals surface area contributed by atoms with Gasteiger partial charge in [-0.1, -0.05) is 24.3 Å². The van der Waals surface area contributed by atoms with Crippen LogP contribution in [0.3, 0.4) is 0 Å².